The van der Waals surface area contributed by atoms with Crippen LogP contribution in [0.5, 0.6) is 5.75 Å². The molecule has 4 nitrogen and oxygen atoms in total. The van der Waals surface area contributed by atoms with Gasteiger partial charge in [0, 0.05) is 19.2 Å². The highest BCUT2D eigenvalue weighted by molar-refractivity contribution is 5.99. The van der Waals surface area contributed by atoms with E-state index in [1.807, 2.05) is 13.1 Å². The number of rotatable bonds is 2. The average molecular weight is 192 g/mol. The summed E-state index contributed by atoms with van der Waals surface area (Å²) in [6.07, 6.45) is 0. The quantitative estimate of drug-likeness (QED) is 0.734. The molecule has 1 aromatic carbocycles. The molecule has 1 heterocycles. The summed E-state index contributed by atoms with van der Waals surface area (Å²) < 4.78 is 5.17. The number of carbonyl (C=O) groups excluding carboxylic acids is 1. The highest BCUT2D eigenvalue weighted by Gasteiger charge is 2.20. The van der Waals surface area contributed by atoms with Crippen molar-refractivity contribution >= 4 is 11.6 Å². The molecule has 0 aliphatic carbocycles. The van der Waals surface area contributed by atoms with Gasteiger partial charge < -0.3 is 15.4 Å². The van der Waals surface area contributed by atoms with Crippen LogP contribution in [0, 0.1) is 0 Å². The Morgan fingerprint density at radius 2 is 2.29 bits per heavy atom. The number of hydrogen-bond donors (Lipinski definition) is 2. The normalized spacial score (nSPS) is 13.4. The third-order valence-electron chi connectivity index (χ3n) is 2.38. The van der Waals surface area contributed by atoms with Crippen LogP contribution in [0.25, 0.3) is 0 Å². The molecule has 0 aromatic heterocycles. The van der Waals surface area contributed by atoms with E-state index in [0.29, 0.717) is 17.9 Å². The van der Waals surface area contributed by atoms with Crippen molar-refractivity contribution in [3.8, 4) is 5.75 Å². The zero-order valence-electron chi connectivity index (χ0n) is 8.18. The first-order valence-electron chi connectivity index (χ1n) is 4.43. The second-order valence-electron chi connectivity index (χ2n) is 3.14. The highest BCUT2D eigenvalue weighted by Crippen LogP contribution is 2.30. The van der Waals surface area contributed by atoms with Gasteiger partial charge in [-0.1, -0.05) is 0 Å². The van der Waals surface area contributed by atoms with Crippen molar-refractivity contribution in [2.24, 2.45) is 0 Å². The zero-order chi connectivity index (χ0) is 10.1. The monoisotopic (exact) mass is 192 g/mol. The predicted octanol–water partition coefficient (Wildman–Crippen LogP) is 0.980. The number of methoxy groups -OCH3 is 1. The largest absolute Gasteiger partial charge is 0.495 e. The Kier molecular flexibility index (Phi) is 2.04. The van der Waals surface area contributed by atoms with E-state index in [0.717, 1.165) is 11.3 Å². The van der Waals surface area contributed by atoms with Gasteiger partial charge >= 0.3 is 0 Å². The molecule has 2 rings (SSSR count). The van der Waals surface area contributed by atoms with Gasteiger partial charge in [-0.3, -0.25) is 4.79 Å². The van der Waals surface area contributed by atoms with Crippen LogP contribution in [0.2, 0.25) is 0 Å². The third-order valence-corrected chi connectivity index (χ3v) is 2.38. The molecule has 0 bridgehead atoms. The molecule has 0 saturated carbocycles. The van der Waals surface area contributed by atoms with Crippen molar-refractivity contribution in [2.75, 3.05) is 19.5 Å². The first-order chi connectivity index (χ1) is 6.76. The lowest BCUT2D eigenvalue weighted by Crippen LogP contribution is -2.12. The predicted molar refractivity (Wildman–Crippen MR) is 53.7 cm³/mol. The molecule has 0 unspecified atom stereocenters. The van der Waals surface area contributed by atoms with Gasteiger partial charge in [0.05, 0.1) is 12.8 Å². The van der Waals surface area contributed by atoms with Crippen LogP contribution >= 0.6 is 0 Å². The van der Waals surface area contributed by atoms with E-state index < -0.39 is 0 Å². The molecule has 1 aromatic rings. The van der Waals surface area contributed by atoms with Gasteiger partial charge in [-0.25, -0.2) is 0 Å². The lowest BCUT2D eigenvalue weighted by atomic mass is 10.1. The van der Waals surface area contributed by atoms with E-state index in [1.165, 1.54) is 0 Å². The van der Waals surface area contributed by atoms with Crippen LogP contribution in [-0.4, -0.2) is 20.1 Å². The molecule has 1 amide bonds. The van der Waals surface area contributed by atoms with Gasteiger partial charge in [-0.2, -0.15) is 0 Å². The summed E-state index contributed by atoms with van der Waals surface area (Å²) in [6, 6.07) is 3.70. The van der Waals surface area contributed by atoms with Crippen molar-refractivity contribution in [3.05, 3.63) is 23.3 Å². The van der Waals surface area contributed by atoms with Crippen LogP contribution in [0.15, 0.2) is 12.1 Å². The topological polar surface area (TPSA) is 50.4 Å². The second kappa shape index (κ2) is 3.21. The molecule has 0 radical (unpaired) electrons. The zero-order valence-corrected chi connectivity index (χ0v) is 8.18. The van der Waals surface area contributed by atoms with Gasteiger partial charge in [0.2, 0.25) is 0 Å². The first-order valence-corrected chi connectivity index (χ1v) is 4.43. The Hall–Kier alpha value is -1.71. The Morgan fingerprint density at radius 1 is 1.50 bits per heavy atom. The molecule has 1 aliphatic rings. The average Bonchev–Trinajstić information content (AvgIpc) is 2.58. The SMILES string of the molecule is CNc1cc2c(cc1OC)C(=O)NC2. The number of hydrogen-bond acceptors (Lipinski definition) is 3. The molecule has 4 heteroatoms. The summed E-state index contributed by atoms with van der Waals surface area (Å²) in [5.41, 5.74) is 2.63. The first kappa shape index (κ1) is 8.87. The molecule has 0 spiro atoms. The maximum Gasteiger partial charge on any atom is 0.252 e. The lowest BCUT2D eigenvalue weighted by Gasteiger charge is -2.09. The molecule has 2 N–H and O–H groups in total. The van der Waals surface area contributed by atoms with Crippen LogP contribution in [0.3, 0.4) is 0 Å². The number of anilines is 1. The maximum atomic E-state index is 11.3. The van der Waals surface area contributed by atoms with Gasteiger partial charge in [0.25, 0.3) is 5.91 Å². The van der Waals surface area contributed by atoms with Crippen molar-refractivity contribution in [3.63, 3.8) is 0 Å². The second-order valence-corrected chi connectivity index (χ2v) is 3.14. The van der Waals surface area contributed by atoms with E-state index in [9.17, 15) is 4.79 Å². The number of amides is 1. The van der Waals surface area contributed by atoms with Gasteiger partial charge in [-0.15, -0.1) is 0 Å². The van der Waals surface area contributed by atoms with Crippen molar-refractivity contribution in [2.45, 2.75) is 6.54 Å². The Balaban J connectivity index is 2.54. The lowest BCUT2D eigenvalue weighted by molar-refractivity contribution is 0.0965. The van der Waals surface area contributed by atoms with Crippen LogP contribution in [0.1, 0.15) is 15.9 Å². The fraction of sp³-hybridized carbons (Fsp3) is 0.300. The van der Waals surface area contributed by atoms with Crippen molar-refractivity contribution in [1.29, 1.82) is 0 Å². The van der Waals surface area contributed by atoms with Gasteiger partial charge in [0.15, 0.2) is 0 Å². The fourth-order valence-corrected chi connectivity index (χ4v) is 1.62. The van der Waals surface area contributed by atoms with E-state index in [-0.39, 0.29) is 5.91 Å². The molecule has 0 atom stereocenters. The number of nitrogens with one attached hydrogen (secondary N) is 2. The Bertz CT molecular complexity index is 388. The number of ether oxygens (including phenoxy) is 1. The summed E-state index contributed by atoms with van der Waals surface area (Å²) in [6.45, 7) is 0.604. The Morgan fingerprint density at radius 3 is 2.93 bits per heavy atom. The fourth-order valence-electron chi connectivity index (χ4n) is 1.62. The number of carbonyl (C=O) groups is 1. The minimum Gasteiger partial charge on any atom is -0.495 e. The highest BCUT2D eigenvalue weighted by atomic mass is 16.5. The van der Waals surface area contributed by atoms with Crippen LogP contribution in [-0.2, 0) is 6.54 Å². The molecule has 0 saturated heterocycles. The molecule has 74 valence electrons. The molecular formula is C10H12N2O2. The summed E-state index contributed by atoms with van der Waals surface area (Å²) >= 11 is 0. The Labute approximate surface area is 82.3 Å². The summed E-state index contributed by atoms with van der Waals surface area (Å²) in [4.78, 5) is 11.3. The van der Waals surface area contributed by atoms with E-state index in [4.69, 9.17) is 4.74 Å². The molecule has 14 heavy (non-hydrogen) atoms. The summed E-state index contributed by atoms with van der Waals surface area (Å²) in [7, 11) is 3.42. The number of benzene rings is 1. The summed E-state index contributed by atoms with van der Waals surface area (Å²) in [5.74, 6) is 0.671. The minimum atomic E-state index is -0.0269. The maximum absolute atomic E-state index is 11.3. The molecule has 1 aliphatic heterocycles. The summed E-state index contributed by atoms with van der Waals surface area (Å²) in [5, 5.41) is 5.79. The molecule has 0 fully saturated rings. The van der Waals surface area contributed by atoms with Gasteiger partial charge in [0.1, 0.15) is 5.75 Å². The van der Waals surface area contributed by atoms with Crippen molar-refractivity contribution in [1.82, 2.24) is 5.32 Å². The van der Waals surface area contributed by atoms with Crippen molar-refractivity contribution < 1.29 is 9.53 Å². The van der Waals surface area contributed by atoms with E-state index in [2.05, 4.69) is 10.6 Å². The molecular weight excluding hydrogens is 180 g/mol. The van der Waals surface area contributed by atoms with Gasteiger partial charge in [-0.05, 0) is 17.7 Å². The van der Waals surface area contributed by atoms with E-state index >= 15 is 0 Å². The third kappa shape index (κ3) is 1.19. The number of fused-ring (bicyclic) bond motifs is 1. The smallest absolute Gasteiger partial charge is 0.252 e. The van der Waals surface area contributed by atoms with E-state index in [1.54, 1.807) is 13.2 Å². The standard InChI is InChI=1S/C10H12N2O2/c1-11-8-3-6-5-12-10(13)7(6)4-9(8)14-2/h3-4,11H,5H2,1-2H3,(H,12,13). The van der Waals surface area contributed by atoms with Crippen LogP contribution < -0.4 is 15.4 Å². The van der Waals surface area contributed by atoms with Crippen LogP contribution in [0.4, 0.5) is 5.69 Å². The minimum absolute atomic E-state index is 0.0269.